The average Bonchev–Trinajstić information content (AvgIpc) is 2.72. The number of thioether (sulfide) groups is 1. The summed E-state index contributed by atoms with van der Waals surface area (Å²) in [6.45, 7) is 1.78. The van der Waals surface area contributed by atoms with Crippen molar-refractivity contribution in [1.29, 1.82) is 0 Å². The smallest absolute Gasteiger partial charge is 0.336 e. The van der Waals surface area contributed by atoms with Gasteiger partial charge >= 0.3 is 5.51 Å². The molecule has 0 aliphatic carbocycles. The Bertz CT molecular complexity index is 875. The van der Waals surface area contributed by atoms with Crippen molar-refractivity contribution in [1.82, 2.24) is 9.80 Å². The van der Waals surface area contributed by atoms with E-state index in [1.54, 1.807) is 28.0 Å². The highest BCUT2D eigenvalue weighted by Gasteiger charge is 2.29. The molecule has 0 spiro atoms. The summed E-state index contributed by atoms with van der Waals surface area (Å²) < 4.78 is 37.0. The van der Waals surface area contributed by atoms with Gasteiger partial charge in [0.25, 0.3) is 5.91 Å². The van der Waals surface area contributed by atoms with E-state index < -0.39 is 5.51 Å². The van der Waals surface area contributed by atoms with E-state index in [0.717, 1.165) is 0 Å². The molecule has 4 nitrogen and oxygen atoms in total. The Morgan fingerprint density at radius 3 is 2.03 bits per heavy atom. The van der Waals surface area contributed by atoms with Crippen LogP contribution in [-0.2, 0) is 4.79 Å². The summed E-state index contributed by atoms with van der Waals surface area (Å²) in [5.41, 5.74) is -3.06. The summed E-state index contributed by atoms with van der Waals surface area (Å²) in [5.74, 6) is -0.240. The molecular formula is C21H19F3N2O2S. The van der Waals surface area contributed by atoms with E-state index in [0.29, 0.717) is 37.3 Å². The number of hydrogen-bond acceptors (Lipinski definition) is 3. The number of amides is 2. The summed E-state index contributed by atoms with van der Waals surface area (Å²) in [7, 11) is 0. The van der Waals surface area contributed by atoms with Crippen LogP contribution >= 0.6 is 11.8 Å². The van der Waals surface area contributed by atoms with E-state index in [9.17, 15) is 22.8 Å². The molecule has 1 fully saturated rings. The van der Waals surface area contributed by atoms with Crippen molar-refractivity contribution < 1.29 is 22.8 Å². The normalized spacial score (nSPS) is 15.0. The van der Waals surface area contributed by atoms with Crippen molar-refractivity contribution in [3.63, 3.8) is 0 Å². The SMILES string of the molecule is O=C(/C=C/c1ccc(SC(F)(F)F)cc1)N1CCN(C(=O)c2ccccc2)CC1. The van der Waals surface area contributed by atoms with Crippen LogP contribution in [0.3, 0.4) is 0 Å². The Labute approximate surface area is 171 Å². The van der Waals surface area contributed by atoms with Crippen LogP contribution in [0.4, 0.5) is 13.2 Å². The fourth-order valence-electron chi connectivity index (χ4n) is 2.95. The Balaban J connectivity index is 1.51. The van der Waals surface area contributed by atoms with Crippen LogP contribution in [0.1, 0.15) is 15.9 Å². The molecule has 0 unspecified atom stereocenters. The van der Waals surface area contributed by atoms with Gasteiger partial charge in [-0.2, -0.15) is 13.2 Å². The highest BCUT2D eigenvalue weighted by molar-refractivity contribution is 8.00. The third kappa shape index (κ3) is 6.12. The summed E-state index contributed by atoms with van der Waals surface area (Å²) in [6, 6.07) is 14.8. The summed E-state index contributed by atoms with van der Waals surface area (Å²) >= 11 is -0.174. The van der Waals surface area contributed by atoms with Crippen LogP contribution in [-0.4, -0.2) is 53.3 Å². The van der Waals surface area contributed by atoms with Crippen molar-refractivity contribution >= 4 is 29.7 Å². The summed E-state index contributed by atoms with van der Waals surface area (Å²) in [6.07, 6.45) is 2.98. The van der Waals surface area contributed by atoms with E-state index in [-0.39, 0.29) is 28.5 Å². The van der Waals surface area contributed by atoms with Gasteiger partial charge in [0.1, 0.15) is 0 Å². The van der Waals surface area contributed by atoms with Crippen LogP contribution in [0.2, 0.25) is 0 Å². The zero-order chi connectivity index (χ0) is 20.9. The molecule has 1 aliphatic rings. The predicted octanol–water partition coefficient (Wildman–Crippen LogP) is 4.30. The minimum absolute atomic E-state index is 0.0509. The maximum atomic E-state index is 12.4. The lowest BCUT2D eigenvalue weighted by atomic mass is 10.1. The van der Waals surface area contributed by atoms with Gasteiger partial charge < -0.3 is 9.80 Å². The number of rotatable bonds is 4. The standard InChI is InChI=1S/C21H19F3N2O2S/c22-21(23,24)29-18-9-6-16(7-10-18)8-11-19(27)25-12-14-26(15-13-25)20(28)17-4-2-1-3-5-17/h1-11H,12-15H2/b11-8+. The Morgan fingerprint density at radius 2 is 1.45 bits per heavy atom. The van der Waals surface area contributed by atoms with Crippen molar-refractivity contribution in [2.75, 3.05) is 26.2 Å². The van der Waals surface area contributed by atoms with Crippen molar-refractivity contribution in [2.45, 2.75) is 10.4 Å². The molecule has 0 radical (unpaired) electrons. The lowest BCUT2D eigenvalue weighted by molar-refractivity contribution is -0.127. The third-order valence-electron chi connectivity index (χ3n) is 4.43. The van der Waals surface area contributed by atoms with Gasteiger partial charge in [0.2, 0.25) is 5.91 Å². The van der Waals surface area contributed by atoms with Gasteiger partial charge in [0, 0.05) is 42.7 Å². The monoisotopic (exact) mass is 420 g/mol. The van der Waals surface area contributed by atoms with Gasteiger partial charge in [-0.1, -0.05) is 30.3 Å². The number of hydrogen-bond donors (Lipinski definition) is 0. The molecule has 0 atom stereocenters. The fourth-order valence-corrected chi connectivity index (χ4v) is 3.49. The maximum Gasteiger partial charge on any atom is 0.446 e. The molecule has 2 amide bonds. The zero-order valence-corrected chi connectivity index (χ0v) is 16.2. The molecule has 1 saturated heterocycles. The number of nitrogens with zero attached hydrogens (tertiary/aromatic N) is 2. The quantitative estimate of drug-likeness (QED) is 0.547. The van der Waals surface area contributed by atoms with E-state index in [4.69, 9.17) is 0 Å². The third-order valence-corrected chi connectivity index (χ3v) is 5.17. The first-order valence-corrected chi connectivity index (χ1v) is 9.80. The molecule has 152 valence electrons. The van der Waals surface area contributed by atoms with Gasteiger partial charge in [-0.25, -0.2) is 0 Å². The predicted molar refractivity (Wildman–Crippen MR) is 106 cm³/mol. The number of piperazine rings is 1. The number of carbonyl (C=O) groups excluding carboxylic acids is 2. The lowest BCUT2D eigenvalue weighted by Crippen LogP contribution is -2.50. The van der Waals surface area contributed by atoms with Crippen LogP contribution in [0.25, 0.3) is 6.08 Å². The van der Waals surface area contributed by atoms with Crippen LogP contribution < -0.4 is 0 Å². The molecule has 8 heteroatoms. The van der Waals surface area contributed by atoms with Gasteiger partial charge in [-0.15, -0.1) is 0 Å². The van der Waals surface area contributed by atoms with Crippen molar-refractivity contribution in [2.24, 2.45) is 0 Å². The van der Waals surface area contributed by atoms with Gasteiger partial charge in [0.15, 0.2) is 0 Å². The minimum Gasteiger partial charge on any atom is -0.336 e. The number of alkyl halides is 3. The maximum absolute atomic E-state index is 12.4. The molecule has 2 aromatic rings. The van der Waals surface area contributed by atoms with E-state index in [2.05, 4.69) is 0 Å². The molecule has 1 heterocycles. The van der Waals surface area contributed by atoms with Crippen LogP contribution in [0, 0.1) is 0 Å². The second-order valence-electron chi connectivity index (χ2n) is 6.43. The molecule has 2 aromatic carbocycles. The van der Waals surface area contributed by atoms with E-state index in [1.165, 1.54) is 30.3 Å². The zero-order valence-electron chi connectivity index (χ0n) is 15.4. The van der Waals surface area contributed by atoms with Crippen molar-refractivity contribution in [3.8, 4) is 0 Å². The highest BCUT2D eigenvalue weighted by Crippen LogP contribution is 2.36. The Morgan fingerprint density at radius 1 is 0.862 bits per heavy atom. The molecule has 1 aliphatic heterocycles. The second-order valence-corrected chi connectivity index (χ2v) is 7.57. The molecule has 29 heavy (non-hydrogen) atoms. The lowest BCUT2D eigenvalue weighted by Gasteiger charge is -2.34. The van der Waals surface area contributed by atoms with Crippen LogP contribution in [0.15, 0.2) is 65.6 Å². The first-order chi connectivity index (χ1) is 13.8. The Kier molecular flexibility index (Phi) is 6.64. The molecule has 0 bridgehead atoms. The first-order valence-electron chi connectivity index (χ1n) is 8.99. The number of benzene rings is 2. The Hall–Kier alpha value is -2.74. The van der Waals surface area contributed by atoms with Crippen molar-refractivity contribution in [3.05, 3.63) is 71.8 Å². The number of halogens is 3. The first kappa shape index (κ1) is 21.0. The van der Waals surface area contributed by atoms with Gasteiger partial charge in [-0.3, -0.25) is 9.59 Å². The van der Waals surface area contributed by atoms with Gasteiger partial charge in [0.05, 0.1) is 0 Å². The topological polar surface area (TPSA) is 40.6 Å². The molecule has 0 N–H and O–H groups in total. The molecule has 0 aromatic heterocycles. The molecule has 3 rings (SSSR count). The van der Waals surface area contributed by atoms with Gasteiger partial charge in [-0.05, 0) is 47.7 Å². The fraction of sp³-hybridized carbons (Fsp3) is 0.238. The highest BCUT2D eigenvalue weighted by atomic mass is 32.2. The minimum atomic E-state index is -4.32. The molecule has 0 saturated carbocycles. The summed E-state index contributed by atoms with van der Waals surface area (Å²) in [5, 5.41) is 0. The van der Waals surface area contributed by atoms with Crippen LogP contribution in [0.5, 0.6) is 0 Å². The van der Waals surface area contributed by atoms with E-state index >= 15 is 0 Å². The summed E-state index contributed by atoms with van der Waals surface area (Å²) in [4.78, 5) is 28.3. The average molecular weight is 420 g/mol. The number of carbonyl (C=O) groups is 2. The largest absolute Gasteiger partial charge is 0.446 e. The van der Waals surface area contributed by atoms with E-state index in [1.807, 2.05) is 18.2 Å². The molecular weight excluding hydrogens is 401 g/mol. The second kappa shape index (κ2) is 9.17.